The van der Waals surface area contributed by atoms with Gasteiger partial charge >= 0.3 is 0 Å². The monoisotopic (exact) mass is 235 g/mol. The number of nitrogen functional groups attached to an aromatic ring is 1. The summed E-state index contributed by atoms with van der Waals surface area (Å²) in [6.45, 7) is 2.17. The summed E-state index contributed by atoms with van der Waals surface area (Å²) >= 11 is 3.49. The Morgan fingerprint density at radius 1 is 1.13 bits per heavy atom. The lowest BCUT2D eigenvalue weighted by Crippen LogP contribution is -1.75. The molecule has 1 aromatic carbocycles. The predicted octanol–water partition coefficient (Wildman–Crippen LogP) is 4.11. The minimum Gasteiger partial charge on any atom is -0.391 e. The van der Waals surface area contributed by atoms with Gasteiger partial charge in [0.25, 0.3) is 0 Å². The molecule has 0 saturated heterocycles. The molecule has 0 aliphatic carbocycles. The molecule has 1 heterocycles. The van der Waals surface area contributed by atoms with Gasteiger partial charge in [0, 0.05) is 9.77 Å². The van der Waals surface area contributed by atoms with Crippen LogP contribution in [0.4, 0.5) is 5.00 Å². The van der Waals surface area contributed by atoms with Crippen LogP contribution in [-0.4, -0.2) is 5.75 Å². The molecule has 1 aromatic heterocycles. The van der Waals surface area contributed by atoms with E-state index in [1.54, 1.807) is 11.3 Å². The molecule has 78 valence electrons. The second-order valence-corrected chi connectivity index (χ2v) is 5.61. The van der Waals surface area contributed by atoms with Crippen LogP contribution in [0.5, 0.6) is 0 Å². The Labute approximate surface area is 98.3 Å². The minimum absolute atomic E-state index is 0.872. The summed E-state index contributed by atoms with van der Waals surface area (Å²) in [4.78, 5) is 2.56. The van der Waals surface area contributed by atoms with Gasteiger partial charge in [0.2, 0.25) is 0 Å². The van der Waals surface area contributed by atoms with E-state index in [1.807, 2.05) is 17.8 Å². The number of rotatable bonds is 3. The SMILES string of the molecule is CCSc1ccc(-c2ccc(N)s2)cc1. The quantitative estimate of drug-likeness (QED) is 0.810. The maximum absolute atomic E-state index is 5.71. The van der Waals surface area contributed by atoms with Crippen LogP contribution in [0.2, 0.25) is 0 Å². The molecule has 0 radical (unpaired) electrons. The molecule has 0 spiro atoms. The van der Waals surface area contributed by atoms with E-state index in [-0.39, 0.29) is 0 Å². The minimum atomic E-state index is 0.872. The zero-order valence-electron chi connectivity index (χ0n) is 8.57. The Hall–Kier alpha value is -0.930. The molecule has 0 aliphatic heterocycles. The van der Waals surface area contributed by atoms with Gasteiger partial charge in [-0.05, 0) is 35.6 Å². The summed E-state index contributed by atoms with van der Waals surface area (Å²) in [5.74, 6) is 1.12. The Morgan fingerprint density at radius 2 is 1.87 bits per heavy atom. The lowest BCUT2D eigenvalue weighted by atomic mass is 10.2. The summed E-state index contributed by atoms with van der Waals surface area (Å²) in [7, 11) is 0. The van der Waals surface area contributed by atoms with E-state index < -0.39 is 0 Å². The van der Waals surface area contributed by atoms with E-state index >= 15 is 0 Å². The fourth-order valence-corrected chi connectivity index (χ4v) is 2.83. The highest BCUT2D eigenvalue weighted by atomic mass is 32.2. The van der Waals surface area contributed by atoms with Crippen LogP contribution < -0.4 is 5.73 Å². The summed E-state index contributed by atoms with van der Waals surface area (Å²) in [6.07, 6.45) is 0. The molecule has 1 nitrogen and oxygen atoms in total. The highest BCUT2D eigenvalue weighted by molar-refractivity contribution is 7.99. The largest absolute Gasteiger partial charge is 0.391 e. The highest BCUT2D eigenvalue weighted by Crippen LogP contribution is 2.30. The van der Waals surface area contributed by atoms with Gasteiger partial charge in [-0.2, -0.15) is 0 Å². The molecule has 0 aliphatic rings. The third-order valence-electron chi connectivity index (χ3n) is 2.08. The zero-order valence-corrected chi connectivity index (χ0v) is 10.2. The molecule has 0 atom stereocenters. The van der Waals surface area contributed by atoms with Crippen molar-refractivity contribution in [3.63, 3.8) is 0 Å². The normalized spacial score (nSPS) is 10.5. The second-order valence-electron chi connectivity index (χ2n) is 3.16. The standard InChI is InChI=1S/C12H13NS2/c1-2-14-10-5-3-9(4-6-10)11-7-8-12(13)15-11/h3-8H,2,13H2,1H3. The number of hydrogen-bond acceptors (Lipinski definition) is 3. The number of hydrogen-bond donors (Lipinski definition) is 1. The smallest absolute Gasteiger partial charge is 0.0862 e. The summed E-state index contributed by atoms with van der Waals surface area (Å²) < 4.78 is 0. The number of anilines is 1. The van der Waals surface area contributed by atoms with Gasteiger partial charge in [-0.15, -0.1) is 23.1 Å². The third kappa shape index (κ3) is 2.55. The molecule has 0 fully saturated rings. The molecule has 0 bridgehead atoms. The van der Waals surface area contributed by atoms with Gasteiger partial charge in [0.1, 0.15) is 0 Å². The molecule has 0 unspecified atom stereocenters. The van der Waals surface area contributed by atoms with E-state index in [2.05, 4.69) is 37.3 Å². The van der Waals surface area contributed by atoms with Crippen LogP contribution >= 0.6 is 23.1 Å². The lowest BCUT2D eigenvalue weighted by Gasteiger charge is -2.00. The molecule has 2 aromatic rings. The first-order valence-corrected chi connectivity index (χ1v) is 6.68. The molecule has 2 N–H and O–H groups in total. The van der Waals surface area contributed by atoms with Crippen molar-refractivity contribution in [3.8, 4) is 10.4 Å². The Bertz CT molecular complexity index is 431. The zero-order chi connectivity index (χ0) is 10.7. The fourth-order valence-electron chi connectivity index (χ4n) is 1.39. The highest BCUT2D eigenvalue weighted by Gasteiger charge is 2.00. The first-order chi connectivity index (χ1) is 7.29. The Balaban J connectivity index is 2.23. The number of benzene rings is 1. The van der Waals surface area contributed by atoms with Gasteiger partial charge in [-0.1, -0.05) is 19.1 Å². The molecule has 3 heteroatoms. The summed E-state index contributed by atoms with van der Waals surface area (Å²) in [5, 5.41) is 0.872. The van der Waals surface area contributed by atoms with Gasteiger partial charge in [-0.3, -0.25) is 0 Å². The van der Waals surface area contributed by atoms with Crippen molar-refractivity contribution in [2.45, 2.75) is 11.8 Å². The van der Waals surface area contributed by atoms with Gasteiger partial charge in [0.05, 0.1) is 5.00 Å². The number of thiophene rings is 1. The number of nitrogens with two attached hydrogens (primary N) is 1. The second kappa shape index (κ2) is 4.73. The molecule has 2 rings (SSSR count). The van der Waals surface area contributed by atoms with E-state index in [1.165, 1.54) is 15.3 Å². The van der Waals surface area contributed by atoms with Crippen LogP contribution in [0.3, 0.4) is 0 Å². The van der Waals surface area contributed by atoms with E-state index in [0.717, 1.165) is 10.8 Å². The maximum Gasteiger partial charge on any atom is 0.0862 e. The number of thioether (sulfide) groups is 1. The Kier molecular flexibility index (Phi) is 3.34. The predicted molar refractivity (Wildman–Crippen MR) is 70.6 cm³/mol. The third-order valence-corrected chi connectivity index (χ3v) is 3.93. The van der Waals surface area contributed by atoms with Gasteiger partial charge < -0.3 is 5.73 Å². The van der Waals surface area contributed by atoms with Crippen LogP contribution in [-0.2, 0) is 0 Å². The first kappa shape index (κ1) is 10.6. The molecule has 15 heavy (non-hydrogen) atoms. The fraction of sp³-hybridized carbons (Fsp3) is 0.167. The first-order valence-electron chi connectivity index (χ1n) is 4.88. The van der Waals surface area contributed by atoms with Crippen LogP contribution in [0.15, 0.2) is 41.3 Å². The van der Waals surface area contributed by atoms with E-state index in [4.69, 9.17) is 5.73 Å². The van der Waals surface area contributed by atoms with Crippen LogP contribution in [0.1, 0.15) is 6.92 Å². The van der Waals surface area contributed by atoms with Crippen molar-refractivity contribution >= 4 is 28.1 Å². The molecule has 0 saturated carbocycles. The van der Waals surface area contributed by atoms with Crippen molar-refractivity contribution in [3.05, 3.63) is 36.4 Å². The van der Waals surface area contributed by atoms with Crippen molar-refractivity contribution in [1.29, 1.82) is 0 Å². The lowest BCUT2D eigenvalue weighted by molar-refractivity contribution is 1.43. The average Bonchev–Trinajstić information content (AvgIpc) is 2.67. The average molecular weight is 235 g/mol. The summed E-state index contributed by atoms with van der Waals surface area (Å²) in [6, 6.07) is 12.7. The summed E-state index contributed by atoms with van der Waals surface area (Å²) in [5.41, 5.74) is 6.96. The van der Waals surface area contributed by atoms with Crippen molar-refractivity contribution in [1.82, 2.24) is 0 Å². The topological polar surface area (TPSA) is 26.0 Å². The van der Waals surface area contributed by atoms with Gasteiger partial charge in [-0.25, -0.2) is 0 Å². The van der Waals surface area contributed by atoms with Crippen LogP contribution in [0, 0.1) is 0 Å². The Morgan fingerprint density at radius 3 is 2.40 bits per heavy atom. The van der Waals surface area contributed by atoms with E-state index in [9.17, 15) is 0 Å². The van der Waals surface area contributed by atoms with Crippen molar-refractivity contribution < 1.29 is 0 Å². The van der Waals surface area contributed by atoms with Crippen LogP contribution in [0.25, 0.3) is 10.4 Å². The maximum atomic E-state index is 5.71. The molecular weight excluding hydrogens is 222 g/mol. The van der Waals surface area contributed by atoms with Crippen molar-refractivity contribution in [2.24, 2.45) is 0 Å². The van der Waals surface area contributed by atoms with Crippen molar-refractivity contribution in [2.75, 3.05) is 11.5 Å². The van der Waals surface area contributed by atoms with E-state index in [0.29, 0.717) is 0 Å². The molecular formula is C12H13NS2. The van der Waals surface area contributed by atoms with Gasteiger partial charge in [0.15, 0.2) is 0 Å². The molecule has 0 amide bonds.